The zero-order valence-electron chi connectivity index (χ0n) is 14.0. The van der Waals surface area contributed by atoms with Gasteiger partial charge in [0.05, 0.1) is 12.4 Å². The van der Waals surface area contributed by atoms with Gasteiger partial charge in [-0.25, -0.2) is 15.0 Å². The number of hydrogen-bond donors (Lipinski definition) is 5. The number of nitrogen functional groups attached to an aromatic ring is 1. The number of aliphatic hydroxyl groups excluding tert-OH is 2. The Morgan fingerprint density at radius 2 is 2.15 bits per heavy atom. The molecule has 0 saturated carbocycles. The number of thioether (sulfide) groups is 1. The van der Waals surface area contributed by atoms with E-state index in [-0.39, 0.29) is 5.82 Å². The molecule has 1 aliphatic rings. The quantitative estimate of drug-likeness (QED) is 0.178. The van der Waals surface area contributed by atoms with Gasteiger partial charge < -0.3 is 31.5 Å². The Bertz CT molecular complexity index is 838. The predicted octanol–water partition coefficient (Wildman–Crippen LogP) is -0.832. The zero-order chi connectivity index (χ0) is 19.7. The summed E-state index contributed by atoms with van der Waals surface area (Å²) in [5, 5.41) is 29.5. The number of rotatable bonds is 7. The fraction of sp³-hybridized carbons (Fsp3) is 0.571. The molecule has 13 heteroatoms. The Kier molecular flexibility index (Phi) is 6.37. The fourth-order valence-electron chi connectivity index (χ4n) is 2.73. The second-order valence-electron chi connectivity index (χ2n) is 6.06. The summed E-state index contributed by atoms with van der Waals surface area (Å²) in [5.41, 5.74) is 12.1. The van der Waals surface area contributed by atoms with Crippen molar-refractivity contribution in [1.29, 1.82) is 0 Å². The van der Waals surface area contributed by atoms with Crippen LogP contribution in [0.3, 0.4) is 0 Å². The van der Waals surface area contributed by atoms with E-state index >= 15 is 0 Å². The Labute approximate surface area is 171 Å². The lowest BCUT2D eigenvalue weighted by Gasteiger charge is -2.16. The van der Waals surface area contributed by atoms with Crippen molar-refractivity contribution in [3.05, 3.63) is 10.2 Å². The first-order valence-corrected chi connectivity index (χ1v) is 10.3. The van der Waals surface area contributed by atoms with Crippen LogP contribution < -0.4 is 11.5 Å². The predicted molar refractivity (Wildman–Crippen MR) is 106 cm³/mol. The number of ether oxygens (including phenoxy) is 1. The number of aliphatic hydroxyl groups is 2. The van der Waals surface area contributed by atoms with Gasteiger partial charge in [-0.05, 0) is 12.2 Å². The van der Waals surface area contributed by atoms with E-state index in [4.69, 9.17) is 21.3 Å². The van der Waals surface area contributed by atoms with E-state index in [1.165, 1.54) is 22.7 Å². The summed E-state index contributed by atoms with van der Waals surface area (Å²) in [6.45, 7) is 0. The minimum Gasteiger partial charge on any atom is -0.480 e. The number of carboxylic acid groups (broad SMARTS) is 1. The number of carboxylic acids is 1. The van der Waals surface area contributed by atoms with Gasteiger partial charge in [-0.3, -0.25) is 9.36 Å². The Morgan fingerprint density at radius 3 is 2.85 bits per heavy atom. The molecule has 0 radical (unpaired) electrons. The molecule has 0 bridgehead atoms. The highest BCUT2D eigenvalue weighted by Crippen LogP contribution is 2.33. The molecule has 27 heavy (non-hydrogen) atoms. The largest absolute Gasteiger partial charge is 0.480 e. The number of nitrogens with two attached hydrogens (primary N) is 2. The van der Waals surface area contributed by atoms with Gasteiger partial charge in [0.15, 0.2) is 21.5 Å². The maximum absolute atomic E-state index is 10.7. The summed E-state index contributed by atoms with van der Waals surface area (Å²) in [6, 6.07) is -0.921. The van der Waals surface area contributed by atoms with Crippen molar-refractivity contribution in [3.8, 4) is 0 Å². The number of aliphatic carboxylic acids is 1. The van der Waals surface area contributed by atoms with Crippen LogP contribution in [0.15, 0.2) is 6.33 Å². The van der Waals surface area contributed by atoms with E-state index in [9.17, 15) is 15.0 Å². The summed E-state index contributed by atoms with van der Waals surface area (Å²) in [5.74, 6) is 0.0447. The van der Waals surface area contributed by atoms with E-state index in [1.807, 2.05) is 22.6 Å². The molecule has 1 aliphatic heterocycles. The molecule has 2 aromatic heterocycles. The monoisotopic (exact) mass is 510 g/mol. The van der Waals surface area contributed by atoms with Gasteiger partial charge in [-0.2, -0.15) is 11.8 Å². The smallest absolute Gasteiger partial charge is 0.320 e. The molecule has 148 valence electrons. The topological polar surface area (TPSA) is 183 Å². The second-order valence-corrected chi connectivity index (χ2v) is 8.17. The van der Waals surface area contributed by atoms with E-state index in [0.717, 1.165) is 0 Å². The van der Waals surface area contributed by atoms with Crippen molar-refractivity contribution in [1.82, 2.24) is 19.5 Å². The molecular weight excluding hydrogens is 491 g/mol. The lowest BCUT2D eigenvalue weighted by Crippen LogP contribution is -2.33. The van der Waals surface area contributed by atoms with E-state index in [2.05, 4.69) is 15.0 Å². The number of halogens is 1. The van der Waals surface area contributed by atoms with Gasteiger partial charge >= 0.3 is 5.97 Å². The highest BCUT2D eigenvalue weighted by Gasteiger charge is 2.44. The van der Waals surface area contributed by atoms with Gasteiger partial charge in [0.25, 0.3) is 0 Å². The Morgan fingerprint density at radius 1 is 1.41 bits per heavy atom. The molecule has 1 unspecified atom stereocenters. The third kappa shape index (κ3) is 4.27. The number of anilines is 1. The average molecular weight is 510 g/mol. The van der Waals surface area contributed by atoms with Gasteiger partial charge in [0.1, 0.15) is 23.8 Å². The lowest BCUT2D eigenvalue weighted by atomic mass is 10.1. The number of imidazole rings is 1. The third-order valence-corrected chi connectivity index (χ3v) is 5.78. The minimum absolute atomic E-state index is 0.220. The molecule has 1 fully saturated rings. The molecule has 1 saturated heterocycles. The van der Waals surface area contributed by atoms with Crippen LogP contribution in [0, 0.1) is 3.83 Å². The third-order valence-electron chi connectivity index (χ3n) is 4.20. The van der Waals surface area contributed by atoms with Crippen LogP contribution in [0.4, 0.5) is 5.82 Å². The van der Waals surface area contributed by atoms with Gasteiger partial charge in [0.2, 0.25) is 0 Å². The standard InChI is InChI=1S/C14H19IN6O5S/c15-14-19-10(17)7-11(20-14)21(4-18-7)12-9(23)8(22)6(26-12)3-27-2-1-5(16)13(24)25/h4-6,8-9,12,22-23H,1-3,16H2,(H,24,25)(H2,17,19,20)/t5?,6-,8-,9-,12-/m1/s1. The van der Waals surface area contributed by atoms with E-state index in [1.54, 1.807) is 0 Å². The van der Waals surface area contributed by atoms with Crippen LogP contribution in [-0.4, -0.2) is 76.7 Å². The van der Waals surface area contributed by atoms with Gasteiger partial charge in [-0.1, -0.05) is 0 Å². The molecule has 3 rings (SSSR count). The van der Waals surface area contributed by atoms with Crippen molar-refractivity contribution < 1.29 is 24.9 Å². The SMILES string of the molecule is Nc1nc(I)nc2c1ncn2[C@@H]1O[C@H](CSCCC(N)C(=O)O)[C@@H](O)[C@H]1O. The van der Waals surface area contributed by atoms with Crippen LogP contribution in [0.1, 0.15) is 12.6 Å². The van der Waals surface area contributed by atoms with Crippen LogP contribution in [0.25, 0.3) is 11.2 Å². The molecule has 11 nitrogen and oxygen atoms in total. The average Bonchev–Trinajstić information content (AvgIpc) is 3.14. The highest BCUT2D eigenvalue weighted by molar-refractivity contribution is 14.1. The maximum Gasteiger partial charge on any atom is 0.320 e. The van der Waals surface area contributed by atoms with Gasteiger partial charge in [0, 0.05) is 28.3 Å². The Hall–Kier alpha value is -1.26. The highest BCUT2D eigenvalue weighted by atomic mass is 127. The van der Waals surface area contributed by atoms with Crippen molar-refractivity contribution in [2.75, 3.05) is 17.2 Å². The molecule has 0 spiro atoms. The van der Waals surface area contributed by atoms with Gasteiger partial charge in [-0.15, -0.1) is 0 Å². The van der Waals surface area contributed by atoms with Crippen LogP contribution in [-0.2, 0) is 9.53 Å². The number of hydrogen-bond acceptors (Lipinski definition) is 10. The molecular formula is C14H19IN6O5S. The molecule has 0 aliphatic carbocycles. The molecule has 5 atom stereocenters. The maximum atomic E-state index is 10.7. The first-order chi connectivity index (χ1) is 12.8. The molecule has 0 amide bonds. The van der Waals surface area contributed by atoms with E-state index in [0.29, 0.717) is 32.9 Å². The minimum atomic E-state index is -1.18. The molecule has 7 N–H and O–H groups in total. The van der Waals surface area contributed by atoms with Crippen LogP contribution in [0.2, 0.25) is 0 Å². The van der Waals surface area contributed by atoms with Crippen LogP contribution >= 0.6 is 34.4 Å². The normalized spacial score (nSPS) is 26.5. The molecule has 0 aromatic carbocycles. The van der Waals surface area contributed by atoms with Crippen molar-refractivity contribution in [2.24, 2.45) is 5.73 Å². The summed E-state index contributed by atoms with van der Waals surface area (Å²) in [7, 11) is 0. The summed E-state index contributed by atoms with van der Waals surface area (Å²) >= 11 is 3.32. The number of aromatic nitrogens is 4. The lowest BCUT2D eigenvalue weighted by molar-refractivity contribution is -0.138. The molecule has 2 aromatic rings. The van der Waals surface area contributed by atoms with E-state index < -0.39 is 36.6 Å². The van der Waals surface area contributed by atoms with Crippen LogP contribution in [0.5, 0.6) is 0 Å². The fourth-order valence-corrected chi connectivity index (χ4v) is 4.31. The first-order valence-electron chi connectivity index (χ1n) is 8.03. The summed E-state index contributed by atoms with van der Waals surface area (Å²) in [4.78, 5) is 23.2. The zero-order valence-corrected chi connectivity index (χ0v) is 16.9. The summed E-state index contributed by atoms with van der Waals surface area (Å²) < 4.78 is 7.77. The number of nitrogens with zero attached hydrogens (tertiary/aromatic N) is 4. The number of carbonyl (C=O) groups is 1. The number of fused-ring (bicyclic) bond motifs is 1. The summed E-state index contributed by atoms with van der Waals surface area (Å²) in [6.07, 6.45) is -2.05. The second kappa shape index (κ2) is 8.40. The molecule has 3 heterocycles. The van der Waals surface area contributed by atoms with Crippen molar-refractivity contribution in [3.63, 3.8) is 0 Å². The van der Waals surface area contributed by atoms with Crippen molar-refractivity contribution >= 4 is 57.3 Å². The van der Waals surface area contributed by atoms with Crippen molar-refractivity contribution in [2.45, 2.75) is 37.0 Å². The first kappa shape index (κ1) is 20.5. The Balaban J connectivity index is 1.68.